The second kappa shape index (κ2) is 7.78. The van der Waals surface area contributed by atoms with Gasteiger partial charge in [-0.3, -0.25) is 14.1 Å². The number of aliphatic carboxylic acids is 1. The minimum Gasteiger partial charge on any atom is -0.477 e. The Morgan fingerprint density at radius 1 is 1.50 bits per heavy atom. The molecule has 10 nitrogen and oxygen atoms in total. The van der Waals surface area contributed by atoms with E-state index in [0.29, 0.717) is 11.3 Å². The molecule has 0 saturated carbocycles. The summed E-state index contributed by atoms with van der Waals surface area (Å²) in [5.41, 5.74) is -0.174. The van der Waals surface area contributed by atoms with E-state index < -0.39 is 40.3 Å². The van der Waals surface area contributed by atoms with E-state index in [-0.39, 0.29) is 18.0 Å². The van der Waals surface area contributed by atoms with Crippen molar-refractivity contribution in [2.45, 2.75) is 38.8 Å². The Hall–Kier alpha value is -1.89. The van der Waals surface area contributed by atoms with Gasteiger partial charge in [-0.25, -0.2) is 8.98 Å². The molecule has 2 aliphatic heterocycles. The maximum atomic E-state index is 12.3. The Morgan fingerprint density at radius 2 is 2.15 bits per heavy atom. The Morgan fingerprint density at radius 3 is 2.69 bits per heavy atom. The van der Waals surface area contributed by atoms with Gasteiger partial charge >= 0.3 is 16.4 Å². The van der Waals surface area contributed by atoms with Gasteiger partial charge in [-0.2, -0.15) is 8.42 Å². The standard InChI is InChI=1S/C14H18N2O8S2/c1-3-10(17)15-4-5-25-9-6-8-11(7(2)24-26(21,22)23)13(18)16(8)12(9)14(19)20/h4-5,7-8,11H,3,6H2,1-2H3,(H,15,17)(H,19,20)(H,21,22,23)/t7-,8+,11-/m0/s1. The Labute approximate surface area is 154 Å². The third-order valence-corrected chi connectivity index (χ3v) is 5.46. The van der Waals surface area contributed by atoms with Crippen molar-refractivity contribution in [3.05, 3.63) is 22.2 Å². The Balaban J connectivity index is 2.11. The second-order valence-electron chi connectivity index (χ2n) is 5.65. The fourth-order valence-electron chi connectivity index (χ4n) is 2.92. The molecule has 2 amide bonds. The number of fused-ring (bicyclic) bond motifs is 1. The van der Waals surface area contributed by atoms with E-state index in [4.69, 9.17) is 4.55 Å². The molecular formula is C14H18N2O8S2. The number of nitrogens with one attached hydrogen (secondary N) is 1. The van der Waals surface area contributed by atoms with Crippen LogP contribution in [0.15, 0.2) is 22.2 Å². The first-order valence-electron chi connectivity index (χ1n) is 7.63. The highest BCUT2D eigenvalue weighted by Gasteiger charge is 2.57. The van der Waals surface area contributed by atoms with Crippen LogP contribution in [0.3, 0.4) is 0 Å². The largest absolute Gasteiger partial charge is 0.477 e. The SMILES string of the molecule is CCC(=O)NC=CSC1=C(C(=O)O)N2C(=O)[C@@H]([C@H](C)OS(=O)(=O)O)[C@H]2C1. The quantitative estimate of drug-likeness (QED) is 0.385. The lowest BCUT2D eigenvalue weighted by Gasteiger charge is -2.45. The van der Waals surface area contributed by atoms with Crippen LogP contribution in [-0.4, -0.2) is 52.9 Å². The van der Waals surface area contributed by atoms with Gasteiger partial charge < -0.3 is 15.3 Å². The highest BCUT2D eigenvalue weighted by molar-refractivity contribution is 8.05. The summed E-state index contributed by atoms with van der Waals surface area (Å²) < 4.78 is 34.9. The molecule has 12 heteroatoms. The summed E-state index contributed by atoms with van der Waals surface area (Å²) >= 11 is 1.05. The van der Waals surface area contributed by atoms with Gasteiger partial charge in [-0.1, -0.05) is 18.7 Å². The maximum Gasteiger partial charge on any atom is 0.397 e. The number of carbonyl (C=O) groups is 3. The number of hydrogen-bond donors (Lipinski definition) is 3. The molecule has 1 fully saturated rings. The van der Waals surface area contributed by atoms with E-state index in [1.165, 1.54) is 18.5 Å². The molecule has 144 valence electrons. The third kappa shape index (κ3) is 4.26. The molecule has 3 N–H and O–H groups in total. The molecule has 0 unspecified atom stereocenters. The zero-order chi connectivity index (χ0) is 19.6. The minimum absolute atomic E-state index is 0.174. The molecule has 0 aromatic carbocycles. The van der Waals surface area contributed by atoms with Crippen LogP contribution in [0.5, 0.6) is 0 Å². The van der Waals surface area contributed by atoms with Gasteiger partial charge in [0.15, 0.2) is 0 Å². The van der Waals surface area contributed by atoms with Gasteiger partial charge in [-0.15, -0.1) is 0 Å². The summed E-state index contributed by atoms with van der Waals surface area (Å²) in [6.45, 7) is 3.00. The molecule has 2 aliphatic rings. The number of hydrogen-bond acceptors (Lipinski definition) is 7. The van der Waals surface area contributed by atoms with Crippen molar-refractivity contribution in [3.8, 4) is 0 Å². The molecular weight excluding hydrogens is 388 g/mol. The van der Waals surface area contributed by atoms with Crippen molar-refractivity contribution in [2.75, 3.05) is 0 Å². The van der Waals surface area contributed by atoms with Crippen LogP contribution in [0, 0.1) is 5.92 Å². The van der Waals surface area contributed by atoms with Crippen molar-refractivity contribution in [1.82, 2.24) is 10.2 Å². The summed E-state index contributed by atoms with van der Waals surface area (Å²) in [5.74, 6) is -2.94. The summed E-state index contributed by atoms with van der Waals surface area (Å²) in [6, 6.07) is -0.563. The molecule has 0 spiro atoms. The maximum absolute atomic E-state index is 12.3. The highest BCUT2D eigenvalue weighted by atomic mass is 32.3. The number of nitrogens with zero attached hydrogens (tertiary/aromatic N) is 1. The van der Waals surface area contributed by atoms with Gasteiger partial charge in [0.25, 0.3) is 0 Å². The highest BCUT2D eigenvalue weighted by Crippen LogP contribution is 2.47. The molecule has 26 heavy (non-hydrogen) atoms. The normalized spacial score (nSPS) is 23.8. The van der Waals surface area contributed by atoms with E-state index in [9.17, 15) is 27.9 Å². The molecule has 1 saturated heterocycles. The lowest BCUT2D eigenvalue weighted by molar-refractivity contribution is -0.160. The topological polar surface area (TPSA) is 150 Å². The smallest absolute Gasteiger partial charge is 0.397 e. The predicted molar refractivity (Wildman–Crippen MR) is 90.7 cm³/mol. The van der Waals surface area contributed by atoms with E-state index in [1.54, 1.807) is 6.92 Å². The summed E-state index contributed by atoms with van der Waals surface area (Å²) in [7, 11) is -4.73. The molecule has 3 atom stereocenters. The van der Waals surface area contributed by atoms with Crippen LogP contribution in [-0.2, 0) is 29.0 Å². The van der Waals surface area contributed by atoms with Crippen molar-refractivity contribution < 1.29 is 36.6 Å². The summed E-state index contributed by atoms with van der Waals surface area (Å²) in [5, 5.41) is 13.4. The van der Waals surface area contributed by atoms with Crippen LogP contribution in [0.2, 0.25) is 0 Å². The Kier molecular flexibility index (Phi) is 6.11. The molecule has 0 aromatic heterocycles. The molecule has 0 aliphatic carbocycles. The van der Waals surface area contributed by atoms with Crippen molar-refractivity contribution >= 4 is 39.9 Å². The van der Waals surface area contributed by atoms with Crippen LogP contribution >= 0.6 is 11.8 Å². The number of thioether (sulfide) groups is 1. The van der Waals surface area contributed by atoms with E-state index in [0.717, 1.165) is 16.7 Å². The van der Waals surface area contributed by atoms with E-state index in [1.807, 2.05) is 0 Å². The summed E-state index contributed by atoms with van der Waals surface area (Å²) in [4.78, 5) is 36.4. The fraction of sp³-hybridized carbons (Fsp3) is 0.500. The van der Waals surface area contributed by atoms with Crippen LogP contribution in [0.1, 0.15) is 26.7 Å². The molecule has 0 radical (unpaired) electrons. The number of carboxylic acids is 1. The average molecular weight is 406 g/mol. The third-order valence-electron chi connectivity index (χ3n) is 3.99. The van der Waals surface area contributed by atoms with Crippen LogP contribution in [0.4, 0.5) is 0 Å². The number of amides is 2. The van der Waals surface area contributed by atoms with E-state index in [2.05, 4.69) is 9.50 Å². The average Bonchev–Trinajstić information content (AvgIpc) is 2.84. The van der Waals surface area contributed by atoms with Crippen LogP contribution in [0.25, 0.3) is 0 Å². The number of β-lactam (4-membered cyclic amide) rings is 1. The zero-order valence-electron chi connectivity index (χ0n) is 13.9. The Bertz CT molecular complexity index is 789. The number of carboxylic acid groups (broad SMARTS) is 1. The van der Waals surface area contributed by atoms with Gasteiger partial charge in [0.05, 0.1) is 18.1 Å². The molecule has 0 aromatic rings. The van der Waals surface area contributed by atoms with Gasteiger partial charge in [0.1, 0.15) is 5.70 Å². The van der Waals surface area contributed by atoms with E-state index >= 15 is 0 Å². The molecule has 2 heterocycles. The van der Waals surface area contributed by atoms with Gasteiger partial charge in [0, 0.05) is 23.9 Å². The van der Waals surface area contributed by atoms with Gasteiger partial charge in [-0.05, 0) is 12.3 Å². The van der Waals surface area contributed by atoms with Crippen molar-refractivity contribution in [2.24, 2.45) is 5.92 Å². The first kappa shape index (κ1) is 20.4. The first-order valence-corrected chi connectivity index (χ1v) is 9.87. The lowest BCUT2D eigenvalue weighted by atomic mass is 9.83. The molecule has 2 rings (SSSR count). The monoisotopic (exact) mass is 406 g/mol. The zero-order valence-corrected chi connectivity index (χ0v) is 15.5. The fourth-order valence-corrected chi connectivity index (χ4v) is 4.29. The number of carbonyl (C=O) groups excluding carboxylic acids is 2. The van der Waals surface area contributed by atoms with Gasteiger partial charge in [0.2, 0.25) is 11.8 Å². The lowest BCUT2D eigenvalue weighted by Crippen LogP contribution is -2.62. The molecule has 0 bridgehead atoms. The minimum atomic E-state index is -4.73. The second-order valence-corrected chi connectivity index (χ2v) is 7.70. The van der Waals surface area contributed by atoms with Crippen molar-refractivity contribution in [3.63, 3.8) is 0 Å². The summed E-state index contributed by atoms with van der Waals surface area (Å²) in [6.07, 6.45) is 0.753. The first-order chi connectivity index (χ1) is 12.1. The van der Waals surface area contributed by atoms with Crippen LogP contribution < -0.4 is 5.32 Å². The van der Waals surface area contributed by atoms with Crippen molar-refractivity contribution in [1.29, 1.82) is 0 Å². The number of rotatable bonds is 8. The predicted octanol–water partition coefficient (Wildman–Crippen LogP) is 0.452.